The first-order valence-corrected chi connectivity index (χ1v) is 14.7. The molecule has 2 aromatic carbocycles. The Bertz CT molecular complexity index is 1560. The smallest absolute Gasteiger partial charge is 0.338 e. The zero-order chi connectivity index (χ0) is 32.2. The van der Waals surface area contributed by atoms with Crippen molar-refractivity contribution in [3.8, 4) is 6.07 Å². The zero-order valence-corrected chi connectivity index (χ0v) is 26.2. The summed E-state index contributed by atoms with van der Waals surface area (Å²) in [5, 5.41) is 14.9. The Morgan fingerprint density at radius 1 is 1.04 bits per heavy atom. The van der Waals surface area contributed by atoms with Crippen molar-refractivity contribution in [3.63, 3.8) is 0 Å². The molecule has 0 spiro atoms. The van der Waals surface area contributed by atoms with Crippen molar-refractivity contribution in [2.45, 2.75) is 56.1 Å². The van der Waals surface area contributed by atoms with E-state index in [1.165, 1.54) is 25.3 Å². The van der Waals surface area contributed by atoms with Crippen molar-refractivity contribution in [1.29, 1.82) is 5.26 Å². The van der Waals surface area contributed by atoms with Crippen LogP contribution in [0.4, 0.5) is 22.8 Å². The van der Waals surface area contributed by atoms with Gasteiger partial charge in [-0.2, -0.15) is 5.26 Å². The van der Waals surface area contributed by atoms with Crippen LogP contribution in [0.25, 0.3) is 0 Å². The number of nitrogens with one attached hydrogen (secondary N) is 2. The van der Waals surface area contributed by atoms with Crippen LogP contribution in [0.3, 0.4) is 0 Å². The summed E-state index contributed by atoms with van der Waals surface area (Å²) in [5.41, 5.74) is 1.13. The molecule has 1 saturated heterocycles. The summed E-state index contributed by atoms with van der Waals surface area (Å²) in [6.45, 7) is 1.04. The summed E-state index contributed by atoms with van der Waals surface area (Å²) >= 11 is 0. The Morgan fingerprint density at radius 2 is 1.78 bits per heavy atom. The third-order valence-corrected chi connectivity index (χ3v) is 8.84. The van der Waals surface area contributed by atoms with Gasteiger partial charge >= 0.3 is 18.0 Å². The summed E-state index contributed by atoms with van der Waals surface area (Å²) in [6, 6.07) is 6.21. The Hall–Kier alpha value is -4.12. The van der Waals surface area contributed by atoms with Gasteiger partial charge in [-0.25, -0.2) is 32.5 Å². The number of urea groups is 2. The lowest BCUT2D eigenvalue weighted by Gasteiger charge is -2.37. The second kappa shape index (κ2) is 15.0. The molecule has 0 unspecified atom stereocenters. The molecule has 2 heterocycles. The molecule has 246 valence electrons. The van der Waals surface area contributed by atoms with Crippen LogP contribution in [0.5, 0.6) is 0 Å². The number of nitriles is 1. The second-order valence-corrected chi connectivity index (χ2v) is 11.5. The van der Waals surface area contributed by atoms with E-state index in [9.17, 15) is 32.8 Å². The topological polar surface area (TPSA) is 124 Å². The van der Waals surface area contributed by atoms with E-state index >= 15 is 0 Å². The van der Waals surface area contributed by atoms with E-state index in [2.05, 4.69) is 21.6 Å². The molecular formula is C32H35ClF3N5O5. The highest BCUT2D eigenvalue weighted by molar-refractivity contribution is 6.01. The van der Waals surface area contributed by atoms with Crippen molar-refractivity contribution in [1.82, 2.24) is 20.4 Å². The van der Waals surface area contributed by atoms with E-state index < -0.39 is 41.5 Å². The van der Waals surface area contributed by atoms with Gasteiger partial charge < -0.3 is 20.1 Å². The number of nitrogens with zero attached hydrogens (tertiary/aromatic N) is 3. The molecule has 2 aromatic rings. The Morgan fingerprint density at radius 3 is 2.43 bits per heavy atom. The summed E-state index contributed by atoms with van der Waals surface area (Å²) in [4.78, 5) is 43.0. The fraction of sp³-hybridized carbons (Fsp3) is 0.438. The average Bonchev–Trinajstić information content (AvgIpc) is 3.50. The molecule has 5 rings (SSSR count). The predicted molar refractivity (Wildman–Crippen MR) is 162 cm³/mol. The quantitative estimate of drug-likeness (QED) is 0.398. The molecule has 46 heavy (non-hydrogen) atoms. The second-order valence-electron chi connectivity index (χ2n) is 11.5. The molecule has 10 nitrogen and oxygen atoms in total. The largest absolute Gasteiger partial charge is 0.466 e. The molecule has 0 bridgehead atoms. The summed E-state index contributed by atoms with van der Waals surface area (Å²) < 4.78 is 51.9. The third kappa shape index (κ3) is 7.14. The lowest BCUT2D eigenvalue weighted by atomic mass is 9.80. The van der Waals surface area contributed by atoms with Crippen LogP contribution in [-0.4, -0.2) is 73.8 Å². The lowest BCUT2D eigenvalue weighted by molar-refractivity contribution is -0.137. The number of hydrogen-bond acceptors (Lipinski definition) is 7. The molecule has 2 atom stereocenters. The van der Waals surface area contributed by atoms with Gasteiger partial charge in [0.2, 0.25) is 0 Å². The highest BCUT2D eigenvalue weighted by Crippen LogP contribution is 2.38. The van der Waals surface area contributed by atoms with Gasteiger partial charge in [-0.3, -0.25) is 4.90 Å². The molecule has 4 amide bonds. The van der Waals surface area contributed by atoms with Gasteiger partial charge in [0.05, 0.1) is 36.6 Å². The Balaban J connectivity index is 0.00000480. The first-order valence-electron chi connectivity index (χ1n) is 14.7. The highest BCUT2D eigenvalue weighted by Gasteiger charge is 2.44. The highest BCUT2D eigenvalue weighted by atomic mass is 35.5. The number of halogens is 4. The Labute approximate surface area is 270 Å². The van der Waals surface area contributed by atoms with Gasteiger partial charge in [0.25, 0.3) is 0 Å². The van der Waals surface area contributed by atoms with Crippen LogP contribution in [-0.2, 0) is 14.3 Å². The van der Waals surface area contributed by atoms with Gasteiger partial charge in [-0.05, 0) is 73.4 Å². The fourth-order valence-electron chi connectivity index (χ4n) is 6.69. The number of benzene rings is 2. The van der Waals surface area contributed by atoms with Crippen LogP contribution in [0.1, 0.15) is 60.8 Å². The van der Waals surface area contributed by atoms with Gasteiger partial charge in [0.15, 0.2) is 11.6 Å². The van der Waals surface area contributed by atoms with Crippen molar-refractivity contribution < 1.29 is 37.0 Å². The number of esters is 1. The number of hydrogen-bond donors (Lipinski definition) is 2. The van der Waals surface area contributed by atoms with E-state index in [1.807, 2.05) is 0 Å². The maximum atomic E-state index is 14.4. The first kappa shape index (κ1) is 34.7. The van der Waals surface area contributed by atoms with Crippen molar-refractivity contribution in [2.24, 2.45) is 0 Å². The van der Waals surface area contributed by atoms with E-state index in [0.717, 1.165) is 55.4 Å². The molecular weight excluding hydrogens is 627 g/mol. The number of likely N-dealkylation sites (tertiary alicyclic amines) is 1. The summed E-state index contributed by atoms with van der Waals surface area (Å²) in [7, 11) is 2.48. The standard InChI is InChI=1S/C32H34F3N5O5.ClH/c1-44-17-27-28(30(41)45-2)29(19-5-10-25(34)26(35)14-19)40(32(43)38-27)31(42)37-22-11-12-39(16-22)23-7-3-18(4-8-23)24-9-6-21(33)13-20(24)15-36;/h5-6,9-10,13-14,18,22-23,29H,3-4,7-8,11-12,16-17H2,1-2H3,(H,37,42)(H,38,43);1H/t18?,22-,23?,29+;/m1./s1. The minimum absolute atomic E-state index is 0. The predicted octanol–water partition coefficient (Wildman–Crippen LogP) is 5.05. The molecule has 2 fully saturated rings. The van der Waals surface area contributed by atoms with E-state index in [4.69, 9.17) is 9.47 Å². The van der Waals surface area contributed by atoms with Gasteiger partial charge in [0, 0.05) is 32.3 Å². The van der Waals surface area contributed by atoms with Crippen LogP contribution in [0.2, 0.25) is 0 Å². The zero-order valence-electron chi connectivity index (χ0n) is 25.4. The normalized spacial score (nSPS) is 23.3. The maximum absolute atomic E-state index is 14.4. The number of rotatable bonds is 7. The molecule has 3 aliphatic rings. The fourth-order valence-corrected chi connectivity index (χ4v) is 6.69. The maximum Gasteiger partial charge on any atom is 0.338 e. The number of amides is 4. The van der Waals surface area contributed by atoms with E-state index in [0.29, 0.717) is 25.1 Å². The van der Waals surface area contributed by atoms with E-state index in [-0.39, 0.29) is 53.8 Å². The minimum atomic E-state index is -1.41. The monoisotopic (exact) mass is 661 g/mol. The lowest BCUT2D eigenvalue weighted by Crippen LogP contribution is -2.56. The van der Waals surface area contributed by atoms with Crippen molar-refractivity contribution >= 4 is 30.4 Å². The number of methoxy groups -OCH3 is 2. The minimum Gasteiger partial charge on any atom is -0.466 e. The average molecular weight is 662 g/mol. The summed E-state index contributed by atoms with van der Waals surface area (Å²) in [6.07, 6.45) is 4.04. The van der Waals surface area contributed by atoms with Crippen LogP contribution in [0, 0.1) is 28.8 Å². The third-order valence-electron chi connectivity index (χ3n) is 8.84. The number of carbonyl (C=O) groups is 3. The van der Waals surface area contributed by atoms with Crippen molar-refractivity contribution in [2.75, 3.05) is 33.9 Å². The SMILES string of the molecule is COCC1=C(C(=O)OC)[C@H](c2ccc(F)c(F)c2)N(C(=O)N[C@@H]2CCN(C3CCC(c4ccc(F)cc4C#N)CC3)C2)C(=O)N1.Cl. The molecule has 2 aliphatic heterocycles. The molecule has 0 aromatic heterocycles. The number of imide groups is 1. The molecule has 14 heteroatoms. The Kier molecular flexibility index (Phi) is 11.3. The molecule has 1 aliphatic carbocycles. The van der Waals surface area contributed by atoms with Crippen LogP contribution >= 0.6 is 12.4 Å². The van der Waals surface area contributed by atoms with E-state index in [1.54, 1.807) is 6.07 Å². The number of ether oxygens (including phenoxy) is 2. The van der Waals surface area contributed by atoms with Gasteiger partial charge in [0.1, 0.15) is 11.9 Å². The number of carbonyl (C=O) groups excluding carboxylic acids is 3. The molecule has 0 radical (unpaired) electrons. The molecule has 2 N–H and O–H groups in total. The van der Waals surface area contributed by atoms with Crippen LogP contribution in [0.15, 0.2) is 47.7 Å². The summed E-state index contributed by atoms with van der Waals surface area (Å²) in [5.74, 6) is -3.47. The van der Waals surface area contributed by atoms with Crippen LogP contribution < -0.4 is 10.6 Å². The first-order chi connectivity index (χ1) is 21.6. The molecule has 1 saturated carbocycles. The van der Waals surface area contributed by atoms with Gasteiger partial charge in [-0.1, -0.05) is 12.1 Å². The van der Waals surface area contributed by atoms with Gasteiger partial charge in [-0.15, -0.1) is 12.4 Å². The van der Waals surface area contributed by atoms with Crippen molar-refractivity contribution in [3.05, 3.63) is 81.8 Å².